The first-order valence-electron chi connectivity index (χ1n) is 9.93. The molecule has 0 saturated carbocycles. The Kier molecular flexibility index (Phi) is 6.88. The number of nitrogens with one attached hydrogen (secondary N) is 4. The molecule has 3 rings (SSSR count). The van der Waals surface area contributed by atoms with Gasteiger partial charge in [-0.3, -0.25) is 4.79 Å². The Labute approximate surface area is 190 Å². The summed E-state index contributed by atoms with van der Waals surface area (Å²) in [6.07, 6.45) is 0.169. The van der Waals surface area contributed by atoms with Crippen molar-refractivity contribution >= 4 is 40.4 Å². The number of benzene rings is 1. The lowest BCUT2D eigenvalue weighted by atomic mass is 10.1. The van der Waals surface area contributed by atoms with Crippen LogP contribution in [0.2, 0.25) is 0 Å². The second-order valence-electron chi connectivity index (χ2n) is 7.57. The molecule has 0 aromatic heterocycles. The molecule has 4 N–H and O–H groups in total. The van der Waals surface area contributed by atoms with E-state index >= 15 is 0 Å². The number of hydrogen-bond acceptors (Lipinski definition) is 7. The highest BCUT2D eigenvalue weighted by Gasteiger charge is 2.32. The summed E-state index contributed by atoms with van der Waals surface area (Å²) in [7, 11) is 0. The third kappa shape index (κ3) is 4.94. The quantitative estimate of drug-likeness (QED) is 0.483. The van der Waals surface area contributed by atoms with Gasteiger partial charge in [0.1, 0.15) is 17.4 Å². The van der Waals surface area contributed by atoms with Crippen LogP contribution in [-0.2, 0) is 0 Å². The second kappa shape index (κ2) is 9.44. The summed E-state index contributed by atoms with van der Waals surface area (Å²) >= 11 is 6.17. The van der Waals surface area contributed by atoms with Gasteiger partial charge < -0.3 is 31.2 Å². The molecule has 2 aliphatic rings. The molecule has 0 radical (unpaired) electrons. The Morgan fingerprint density at radius 3 is 2.69 bits per heavy atom. The molecule has 1 saturated heterocycles. The number of allylic oxidation sites excluding steroid dienone is 2. The second-order valence-corrected chi connectivity index (χ2v) is 7.95. The number of amides is 1. The number of nitrogens with zero attached hydrogens (tertiary/aromatic N) is 2. The average Bonchev–Trinajstić information content (AvgIpc) is 3.12. The van der Waals surface area contributed by atoms with Gasteiger partial charge in [-0.15, -0.1) is 0 Å². The molecule has 1 aromatic rings. The van der Waals surface area contributed by atoms with E-state index in [9.17, 15) is 9.18 Å². The van der Waals surface area contributed by atoms with Crippen LogP contribution in [0.3, 0.4) is 0 Å². The average molecular weight is 459 g/mol. The zero-order valence-electron chi connectivity index (χ0n) is 18.0. The molecule has 1 aromatic carbocycles. The molecular formula is C22H24ClFN6O2. The van der Waals surface area contributed by atoms with Gasteiger partial charge in [0.15, 0.2) is 0 Å². The fourth-order valence-electron chi connectivity index (χ4n) is 3.29. The smallest absolute Gasteiger partial charge is 0.258 e. The maximum Gasteiger partial charge on any atom is 0.258 e. The van der Waals surface area contributed by atoms with Crippen molar-refractivity contribution in [2.45, 2.75) is 27.2 Å². The van der Waals surface area contributed by atoms with Crippen LogP contribution in [0.15, 0.2) is 45.3 Å². The summed E-state index contributed by atoms with van der Waals surface area (Å²) in [5.41, 5.74) is 2.59. The van der Waals surface area contributed by atoms with E-state index in [-0.39, 0.29) is 54.6 Å². The largest absolute Gasteiger partial charge is 0.492 e. The van der Waals surface area contributed by atoms with Gasteiger partial charge >= 0.3 is 0 Å². The fraction of sp³-hybridized carbons (Fsp3) is 0.318. The van der Waals surface area contributed by atoms with E-state index in [2.05, 4.69) is 10.3 Å². The van der Waals surface area contributed by atoms with Crippen molar-refractivity contribution in [3.05, 3.63) is 51.7 Å². The van der Waals surface area contributed by atoms with Crippen LogP contribution in [0.4, 0.5) is 4.39 Å². The third-order valence-corrected chi connectivity index (χ3v) is 5.66. The predicted molar refractivity (Wildman–Crippen MR) is 123 cm³/mol. The van der Waals surface area contributed by atoms with Crippen LogP contribution >= 0.6 is 11.6 Å². The van der Waals surface area contributed by atoms with Crippen LogP contribution in [-0.4, -0.2) is 53.4 Å². The number of hydrogen-bond donors (Lipinski definition) is 4. The molecule has 8 nitrogen and oxygen atoms in total. The molecule has 0 aliphatic carbocycles. The number of halogens is 2. The van der Waals surface area contributed by atoms with Gasteiger partial charge in [0.2, 0.25) is 0 Å². The predicted octanol–water partition coefficient (Wildman–Crippen LogP) is 3.88. The molecule has 168 valence electrons. The number of aliphatic imine (C=N–C) groups is 1. The van der Waals surface area contributed by atoms with Gasteiger partial charge in [-0.05, 0) is 32.9 Å². The Hall–Kier alpha value is -3.33. The molecule has 2 heterocycles. The highest BCUT2D eigenvalue weighted by molar-refractivity contribution is 6.43. The van der Waals surface area contributed by atoms with Gasteiger partial charge in [0, 0.05) is 29.5 Å². The molecule has 2 aliphatic heterocycles. The van der Waals surface area contributed by atoms with Crippen molar-refractivity contribution < 1.29 is 13.9 Å². The number of likely N-dealkylation sites (tertiary alicyclic amines) is 1. The topological polar surface area (TPSA) is 125 Å². The van der Waals surface area contributed by atoms with Gasteiger partial charge in [0.05, 0.1) is 47.4 Å². The van der Waals surface area contributed by atoms with Crippen molar-refractivity contribution in [1.29, 1.82) is 16.2 Å². The maximum absolute atomic E-state index is 13.8. The van der Waals surface area contributed by atoms with Crippen molar-refractivity contribution in [2.75, 3.05) is 19.7 Å². The Morgan fingerprint density at radius 2 is 2.03 bits per heavy atom. The lowest BCUT2D eigenvalue weighted by Crippen LogP contribution is -2.29. The van der Waals surface area contributed by atoms with Gasteiger partial charge in [0.25, 0.3) is 5.91 Å². The van der Waals surface area contributed by atoms with E-state index in [0.29, 0.717) is 22.1 Å². The summed E-state index contributed by atoms with van der Waals surface area (Å²) in [6, 6.07) is 3.65. The molecule has 0 atom stereocenters. The lowest BCUT2D eigenvalue weighted by Gasteiger charge is -2.19. The minimum atomic E-state index is -0.554. The summed E-state index contributed by atoms with van der Waals surface area (Å²) in [4.78, 5) is 19.1. The molecule has 1 amide bonds. The summed E-state index contributed by atoms with van der Waals surface area (Å²) in [5.74, 6) is -0.406. The highest BCUT2D eigenvalue weighted by Crippen LogP contribution is 2.27. The van der Waals surface area contributed by atoms with E-state index in [1.807, 2.05) is 6.92 Å². The van der Waals surface area contributed by atoms with Crippen LogP contribution in [0, 0.1) is 22.0 Å². The van der Waals surface area contributed by atoms with Crippen molar-refractivity contribution in [1.82, 2.24) is 10.2 Å². The van der Waals surface area contributed by atoms with E-state index in [0.717, 1.165) is 11.8 Å². The van der Waals surface area contributed by atoms with Gasteiger partial charge in [-0.25, -0.2) is 9.38 Å². The lowest BCUT2D eigenvalue weighted by molar-refractivity contribution is 0.0799. The van der Waals surface area contributed by atoms with Crippen LogP contribution in [0.5, 0.6) is 5.75 Å². The van der Waals surface area contributed by atoms with E-state index in [1.165, 1.54) is 24.0 Å². The number of carbonyl (C=O) groups excluding carboxylic acids is 1. The van der Waals surface area contributed by atoms with Gasteiger partial charge in [-0.1, -0.05) is 11.6 Å². The maximum atomic E-state index is 13.8. The minimum Gasteiger partial charge on any atom is -0.492 e. The fourth-order valence-corrected chi connectivity index (χ4v) is 3.38. The van der Waals surface area contributed by atoms with Crippen LogP contribution < -0.4 is 10.1 Å². The molecule has 32 heavy (non-hydrogen) atoms. The Morgan fingerprint density at radius 1 is 1.31 bits per heavy atom. The summed E-state index contributed by atoms with van der Waals surface area (Å²) in [6.45, 7) is 5.37. The first-order valence-corrected chi connectivity index (χ1v) is 10.3. The normalized spacial score (nSPS) is 18.5. The first kappa shape index (κ1) is 23.3. The van der Waals surface area contributed by atoms with E-state index in [4.69, 9.17) is 32.6 Å². The zero-order valence-corrected chi connectivity index (χ0v) is 18.8. The van der Waals surface area contributed by atoms with Crippen molar-refractivity contribution in [3.63, 3.8) is 0 Å². The summed E-state index contributed by atoms with van der Waals surface area (Å²) in [5, 5.41) is 27.1. The monoisotopic (exact) mass is 458 g/mol. The van der Waals surface area contributed by atoms with Crippen molar-refractivity contribution in [2.24, 2.45) is 4.99 Å². The van der Waals surface area contributed by atoms with Crippen LogP contribution in [0.1, 0.15) is 37.6 Å². The SMILES string of the molecule is CC(=N)C(=N)CCOc1cc(F)ccc1C(=O)N1CC(=N)/C(=C2/N=C(C)C(Cl)=C(C)N2)C1. The third-order valence-electron chi connectivity index (χ3n) is 5.10. The molecular weight excluding hydrogens is 435 g/mol. The Bertz CT molecular complexity index is 1120. The highest BCUT2D eigenvalue weighted by atomic mass is 35.5. The Balaban J connectivity index is 1.80. The number of carbonyl (C=O) groups is 1. The molecule has 0 bridgehead atoms. The first-order chi connectivity index (χ1) is 15.1. The zero-order chi connectivity index (χ0) is 23.6. The molecule has 1 fully saturated rings. The van der Waals surface area contributed by atoms with Crippen molar-refractivity contribution in [3.8, 4) is 5.75 Å². The van der Waals surface area contributed by atoms with E-state index < -0.39 is 11.7 Å². The standard InChI is InChI=1S/C22H24ClFN6O2/c1-11(25)17(26)6-7-32-19-8-14(24)4-5-15(19)22(31)30-9-16(18(27)10-30)21-28-12(2)20(23)13(3)29-21/h4-5,8,25-28H,6-7,9-10H2,1-3H3/b21-16+,25-11?,26-17?,27-18?. The molecule has 10 heteroatoms. The summed E-state index contributed by atoms with van der Waals surface area (Å²) < 4.78 is 19.4. The number of ether oxygens (including phenoxy) is 1. The van der Waals surface area contributed by atoms with Gasteiger partial charge in [-0.2, -0.15) is 0 Å². The minimum absolute atomic E-state index is 0.0359. The number of rotatable bonds is 6. The molecule has 0 spiro atoms. The molecule has 0 unspecified atom stereocenters. The van der Waals surface area contributed by atoms with E-state index in [1.54, 1.807) is 6.92 Å². The van der Waals surface area contributed by atoms with Crippen LogP contribution in [0.25, 0.3) is 0 Å².